The standard InChI is InChI=1S/C14H19BrN2O4/c1-14(2,3)8-10(7-13(18)19)16-11-5-4-9(15)6-12(11)17(20)21/h4-6,10,16H,7-8H2,1-3H3,(H,18,19). The minimum Gasteiger partial charge on any atom is -0.481 e. The van der Waals surface area contributed by atoms with E-state index in [1.165, 1.54) is 6.07 Å². The zero-order valence-corrected chi connectivity index (χ0v) is 13.8. The monoisotopic (exact) mass is 358 g/mol. The normalized spacial score (nSPS) is 12.8. The van der Waals surface area contributed by atoms with Crippen LogP contribution >= 0.6 is 15.9 Å². The Morgan fingerprint density at radius 1 is 1.48 bits per heavy atom. The molecule has 0 aliphatic heterocycles. The molecule has 7 heteroatoms. The fraction of sp³-hybridized carbons (Fsp3) is 0.500. The van der Waals surface area contributed by atoms with E-state index in [0.717, 1.165) is 0 Å². The molecule has 0 radical (unpaired) electrons. The fourth-order valence-electron chi connectivity index (χ4n) is 2.12. The van der Waals surface area contributed by atoms with Crippen LogP contribution in [0.15, 0.2) is 22.7 Å². The number of halogens is 1. The molecule has 116 valence electrons. The van der Waals surface area contributed by atoms with Crippen molar-refractivity contribution < 1.29 is 14.8 Å². The first-order chi connectivity index (χ1) is 9.58. The highest BCUT2D eigenvalue weighted by molar-refractivity contribution is 9.10. The smallest absolute Gasteiger partial charge is 0.305 e. The molecule has 2 N–H and O–H groups in total. The Morgan fingerprint density at radius 3 is 2.57 bits per heavy atom. The number of carboxylic acid groups (broad SMARTS) is 1. The summed E-state index contributed by atoms with van der Waals surface area (Å²) < 4.78 is 0.602. The van der Waals surface area contributed by atoms with E-state index in [4.69, 9.17) is 5.11 Å². The molecule has 0 aliphatic rings. The van der Waals surface area contributed by atoms with E-state index in [9.17, 15) is 14.9 Å². The van der Waals surface area contributed by atoms with Gasteiger partial charge in [-0.05, 0) is 24.0 Å². The number of hydrogen-bond donors (Lipinski definition) is 2. The number of carboxylic acids is 1. The van der Waals surface area contributed by atoms with Crippen molar-refractivity contribution in [3.05, 3.63) is 32.8 Å². The third-order valence-electron chi connectivity index (χ3n) is 2.80. The number of nitro groups is 1. The van der Waals surface area contributed by atoms with Crippen LogP contribution in [0.4, 0.5) is 11.4 Å². The van der Waals surface area contributed by atoms with Gasteiger partial charge in [-0.3, -0.25) is 14.9 Å². The maximum Gasteiger partial charge on any atom is 0.305 e. The molecule has 1 rings (SSSR count). The summed E-state index contributed by atoms with van der Waals surface area (Å²) >= 11 is 3.19. The van der Waals surface area contributed by atoms with Crippen LogP contribution in [0, 0.1) is 15.5 Å². The molecular formula is C14H19BrN2O4. The van der Waals surface area contributed by atoms with Gasteiger partial charge in [0.25, 0.3) is 5.69 Å². The van der Waals surface area contributed by atoms with Crippen LogP contribution in [0.25, 0.3) is 0 Å². The highest BCUT2D eigenvalue weighted by Crippen LogP contribution is 2.31. The Kier molecular flexibility index (Phi) is 5.71. The second-order valence-corrected chi connectivity index (χ2v) is 7.04. The number of nitrogens with one attached hydrogen (secondary N) is 1. The van der Waals surface area contributed by atoms with Crippen LogP contribution in [-0.2, 0) is 4.79 Å². The number of nitrogens with zero attached hydrogens (tertiary/aromatic N) is 1. The lowest BCUT2D eigenvalue weighted by Crippen LogP contribution is -2.28. The van der Waals surface area contributed by atoms with Crippen molar-refractivity contribution in [3.8, 4) is 0 Å². The molecule has 0 heterocycles. The van der Waals surface area contributed by atoms with Gasteiger partial charge >= 0.3 is 5.97 Å². The molecule has 0 aromatic heterocycles. The van der Waals surface area contributed by atoms with Gasteiger partial charge in [0.1, 0.15) is 5.69 Å². The van der Waals surface area contributed by atoms with E-state index in [1.807, 2.05) is 20.8 Å². The summed E-state index contributed by atoms with van der Waals surface area (Å²) in [6, 6.07) is 4.30. The van der Waals surface area contributed by atoms with E-state index in [-0.39, 0.29) is 23.6 Å². The molecule has 6 nitrogen and oxygen atoms in total. The van der Waals surface area contributed by atoms with Crippen LogP contribution in [0.5, 0.6) is 0 Å². The summed E-state index contributed by atoms with van der Waals surface area (Å²) in [5.41, 5.74) is 0.171. The average molecular weight is 359 g/mol. The number of benzene rings is 1. The van der Waals surface area contributed by atoms with Gasteiger partial charge in [-0.15, -0.1) is 0 Å². The minimum absolute atomic E-state index is 0.0753. The number of aliphatic carboxylic acids is 1. The van der Waals surface area contributed by atoms with E-state index in [2.05, 4.69) is 21.2 Å². The average Bonchev–Trinajstić information content (AvgIpc) is 2.28. The summed E-state index contributed by atoms with van der Waals surface area (Å²) in [6.45, 7) is 6.00. The van der Waals surface area contributed by atoms with Gasteiger partial charge in [-0.25, -0.2) is 0 Å². The molecule has 0 saturated carbocycles. The van der Waals surface area contributed by atoms with Gasteiger partial charge in [-0.1, -0.05) is 36.7 Å². The van der Waals surface area contributed by atoms with E-state index >= 15 is 0 Å². The first-order valence-electron chi connectivity index (χ1n) is 6.51. The SMILES string of the molecule is CC(C)(C)CC(CC(=O)O)Nc1ccc(Br)cc1[N+](=O)[O-]. The lowest BCUT2D eigenvalue weighted by atomic mass is 9.87. The van der Waals surface area contributed by atoms with Gasteiger partial charge in [-0.2, -0.15) is 0 Å². The third kappa shape index (κ3) is 6.12. The van der Waals surface area contributed by atoms with Crippen LogP contribution in [-0.4, -0.2) is 22.0 Å². The van der Waals surface area contributed by atoms with Crippen molar-refractivity contribution in [2.24, 2.45) is 5.41 Å². The quantitative estimate of drug-likeness (QED) is 0.591. The van der Waals surface area contributed by atoms with Crippen LogP contribution in [0.2, 0.25) is 0 Å². The Hall–Kier alpha value is -1.63. The zero-order valence-electron chi connectivity index (χ0n) is 12.2. The van der Waals surface area contributed by atoms with Gasteiger partial charge in [0.2, 0.25) is 0 Å². The summed E-state index contributed by atoms with van der Waals surface area (Å²) in [7, 11) is 0. The van der Waals surface area contributed by atoms with Crippen LogP contribution in [0.1, 0.15) is 33.6 Å². The molecule has 0 bridgehead atoms. The Bertz CT molecular complexity index is 540. The van der Waals surface area contributed by atoms with Crippen molar-refractivity contribution in [1.82, 2.24) is 0 Å². The van der Waals surface area contributed by atoms with Crippen molar-refractivity contribution in [2.45, 2.75) is 39.7 Å². The molecule has 1 atom stereocenters. The highest BCUT2D eigenvalue weighted by atomic mass is 79.9. The predicted octanol–water partition coefficient (Wildman–Crippen LogP) is 4.05. The first kappa shape index (κ1) is 17.4. The van der Waals surface area contributed by atoms with Crippen molar-refractivity contribution in [2.75, 3.05) is 5.32 Å². The number of carbonyl (C=O) groups is 1. The summed E-state index contributed by atoms with van der Waals surface area (Å²) in [4.78, 5) is 21.6. The third-order valence-corrected chi connectivity index (χ3v) is 3.29. The maximum absolute atomic E-state index is 11.1. The highest BCUT2D eigenvalue weighted by Gasteiger charge is 2.24. The Balaban J connectivity index is 3.02. The lowest BCUT2D eigenvalue weighted by molar-refractivity contribution is -0.384. The molecule has 21 heavy (non-hydrogen) atoms. The molecule has 0 saturated heterocycles. The van der Waals surface area contributed by atoms with Crippen molar-refractivity contribution in [1.29, 1.82) is 0 Å². The molecule has 1 unspecified atom stereocenters. The van der Waals surface area contributed by atoms with Crippen molar-refractivity contribution in [3.63, 3.8) is 0 Å². The first-order valence-corrected chi connectivity index (χ1v) is 7.30. The molecule has 0 amide bonds. The second-order valence-electron chi connectivity index (χ2n) is 6.12. The Morgan fingerprint density at radius 2 is 2.10 bits per heavy atom. The van der Waals surface area contributed by atoms with Gasteiger partial charge in [0.15, 0.2) is 0 Å². The molecule has 0 fully saturated rings. The van der Waals surface area contributed by atoms with Crippen LogP contribution < -0.4 is 5.32 Å². The largest absolute Gasteiger partial charge is 0.481 e. The molecule has 0 spiro atoms. The number of hydrogen-bond acceptors (Lipinski definition) is 4. The Labute approximate surface area is 131 Å². The van der Waals surface area contributed by atoms with Crippen LogP contribution in [0.3, 0.4) is 0 Å². The summed E-state index contributed by atoms with van der Waals surface area (Å²) in [5, 5.41) is 23.1. The molecule has 0 aliphatic carbocycles. The number of anilines is 1. The molecule has 1 aromatic carbocycles. The zero-order chi connectivity index (χ0) is 16.2. The summed E-state index contributed by atoms with van der Waals surface area (Å²) in [6.07, 6.45) is 0.497. The topological polar surface area (TPSA) is 92.5 Å². The predicted molar refractivity (Wildman–Crippen MR) is 84.5 cm³/mol. The van der Waals surface area contributed by atoms with E-state index in [0.29, 0.717) is 16.6 Å². The van der Waals surface area contributed by atoms with Gasteiger partial charge < -0.3 is 10.4 Å². The fourth-order valence-corrected chi connectivity index (χ4v) is 2.47. The second kappa shape index (κ2) is 6.89. The van der Waals surface area contributed by atoms with Gasteiger partial charge in [0.05, 0.1) is 11.3 Å². The molecule has 1 aromatic rings. The maximum atomic E-state index is 11.1. The van der Waals surface area contributed by atoms with Crippen molar-refractivity contribution >= 4 is 33.3 Å². The summed E-state index contributed by atoms with van der Waals surface area (Å²) in [5.74, 6) is -0.934. The lowest BCUT2D eigenvalue weighted by Gasteiger charge is -2.26. The number of nitro benzene ring substituents is 1. The number of rotatable bonds is 6. The van der Waals surface area contributed by atoms with E-state index in [1.54, 1.807) is 12.1 Å². The minimum atomic E-state index is -0.934. The van der Waals surface area contributed by atoms with E-state index < -0.39 is 10.9 Å². The van der Waals surface area contributed by atoms with Gasteiger partial charge in [0, 0.05) is 16.6 Å². The molecular weight excluding hydrogens is 340 g/mol.